The number of anilines is 1. The highest BCUT2D eigenvalue weighted by Gasteiger charge is 2.35. The minimum absolute atomic E-state index is 0.136. The molecule has 264 valence electrons. The molecule has 3 atom stereocenters. The lowest BCUT2D eigenvalue weighted by Crippen LogP contribution is -2.49. The van der Waals surface area contributed by atoms with Gasteiger partial charge in [0.15, 0.2) is 5.75 Å². The van der Waals surface area contributed by atoms with Gasteiger partial charge in [0.25, 0.3) is 5.91 Å². The summed E-state index contributed by atoms with van der Waals surface area (Å²) in [5, 5.41) is 12.8. The van der Waals surface area contributed by atoms with E-state index in [9.17, 15) is 27.9 Å². The van der Waals surface area contributed by atoms with Crippen LogP contribution in [0.4, 0.5) is 18.9 Å². The summed E-state index contributed by atoms with van der Waals surface area (Å²) in [5.74, 6) is -1.08. The maximum atomic E-state index is 13.8. The monoisotopic (exact) mass is 707 g/mol. The number of carbonyl (C=O) groups is 2. The smallest absolute Gasteiger partial charge is 0.486 e. The van der Waals surface area contributed by atoms with Crippen molar-refractivity contribution in [3.05, 3.63) is 114 Å². The maximum Gasteiger partial charge on any atom is 0.573 e. The second kappa shape index (κ2) is 16.5. The van der Waals surface area contributed by atoms with E-state index in [1.54, 1.807) is 41.8 Å². The predicted molar refractivity (Wildman–Crippen MR) is 186 cm³/mol. The number of amides is 2. The standard InChI is InChI=1S/C38H40F3N3O5S/c1-25-21-44(26(2)24-45)37(47)32-10-7-11-33(42-35(46)20-27-12-16-29(17-13-27)49-38(39,40)41)36(32)48-34(25)23-43(3)22-28-14-18-31(19-15-28)50-30-8-5-4-6-9-30/h4-19,25-26,34,45H,20-24H2,1-3H3,(H,42,46)/t25-,26?,34-/m1/s1. The van der Waals surface area contributed by atoms with Crippen LogP contribution >= 0.6 is 11.8 Å². The number of fused-ring (bicyclic) bond motifs is 1. The van der Waals surface area contributed by atoms with E-state index in [-0.39, 0.29) is 41.9 Å². The van der Waals surface area contributed by atoms with E-state index in [4.69, 9.17) is 4.74 Å². The van der Waals surface area contributed by atoms with E-state index in [1.165, 1.54) is 17.0 Å². The average molecular weight is 708 g/mol. The number of hydrogen-bond donors (Lipinski definition) is 2. The molecule has 12 heteroatoms. The fourth-order valence-corrected chi connectivity index (χ4v) is 6.56. The predicted octanol–water partition coefficient (Wildman–Crippen LogP) is 7.27. The van der Waals surface area contributed by atoms with Crippen molar-refractivity contribution in [3.8, 4) is 11.5 Å². The number of ether oxygens (including phenoxy) is 2. The normalized spacial score (nSPS) is 17.0. The van der Waals surface area contributed by atoms with Crippen LogP contribution < -0.4 is 14.8 Å². The van der Waals surface area contributed by atoms with Gasteiger partial charge in [0.05, 0.1) is 30.3 Å². The van der Waals surface area contributed by atoms with Crippen molar-refractivity contribution in [1.82, 2.24) is 9.80 Å². The number of likely N-dealkylation sites (N-methyl/N-ethyl adjacent to an activating group) is 1. The first-order chi connectivity index (χ1) is 23.9. The van der Waals surface area contributed by atoms with Gasteiger partial charge in [-0.3, -0.25) is 14.5 Å². The van der Waals surface area contributed by atoms with Crippen molar-refractivity contribution in [2.45, 2.75) is 55.1 Å². The van der Waals surface area contributed by atoms with E-state index in [1.807, 2.05) is 32.2 Å². The minimum Gasteiger partial charge on any atom is -0.486 e. The first kappa shape index (κ1) is 36.8. The van der Waals surface area contributed by atoms with Crippen LogP contribution in [0.2, 0.25) is 0 Å². The molecular formula is C38H40F3N3O5S. The summed E-state index contributed by atoms with van der Waals surface area (Å²) in [6.45, 7) is 5.07. The number of nitrogens with zero attached hydrogens (tertiary/aromatic N) is 2. The second-order valence-corrected chi connectivity index (χ2v) is 13.6. The summed E-state index contributed by atoms with van der Waals surface area (Å²) in [5.41, 5.74) is 2.14. The van der Waals surface area contributed by atoms with Crippen molar-refractivity contribution >= 4 is 29.3 Å². The Kier molecular flexibility index (Phi) is 12.1. The number of alkyl halides is 3. The zero-order chi connectivity index (χ0) is 35.8. The largest absolute Gasteiger partial charge is 0.573 e. The molecule has 1 unspecified atom stereocenters. The van der Waals surface area contributed by atoms with Gasteiger partial charge in [-0.05, 0) is 73.6 Å². The minimum atomic E-state index is -4.82. The van der Waals surface area contributed by atoms with Gasteiger partial charge >= 0.3 is 6.36 Å². The topological polar surface area (TPSA) is 91.3 Å². The third-order valence-corrected chi connectivity index (χ3v) is 9.35. The molecule has 4 aromatic rings. The van der Waals surface area contributed by atoms with E-state index in [2.05, 4.69) is 51.4 Å². The van der Waals surface area contributed by atoms with E-state index in [0.717, 1.165) is 22.6 Å². The maximum absolute atomic E-state index is 13.8. The van der Waals surface area contributed by atoms with Crippen molar-refractivity contribution in [3.63, 3.8) is 0 Å². The van der Waals surface area contributed by atoms with Crippen LogP contribution in [0.25, 0.3) is 0 Å². The highest BCUT2D eigenvalue weighted by atomic mass is 32.2. The zero-order valence-electron chi connectivity index (χ0n) is 28.0. The van der Waals surface area contributed by atoms with Crippen LogP contribution in [-0.2, 0) is 17.8 Å². The molecule has 0 spiro atoms. The van der Waals surface area contributed by atoms with Gasteiger partial charge in [-0.2, -0.15) is 0 Å². The van der Waals surface area contributed by atoms with Crippen molar-refractivity contribution in [1.29, 1.82) is 0 Å². The van der Waals surface area contributed by atoms with Gasteiger partial charge in [0, 0.05) is 35.3 Å². The van der Waals surface area contributed by atoms with Crippen molar-refractivity contribution in [2.24, 2.45) is 5.92 Å². The number of halogens is 3. The number of aliphatic hydroxyl groups is 1. The lowest BCUT2D eigenvalue weighted by molar-refractivity contribution is -0.274. The molecule has 5 rings (SSSR count). The number of hydrogen-bond acceptors (Lipinski definition) is 7. The molecule has 0 radical (unpaired) electrons. The molecule has 1 heterocycles. The number of benzene rings is 4. The molecule has 1 aliphatic heterocycles. The first-order valence-corrected chi connectivity index (χ1v) is 17.1. The van der Waals surface area contributed by atoms with Crippen molar-refractivity contribution < 1.29 is 37.3 Å². The lowest BCUT2D eigenvalue weighted by Gasteiger charge is -2.38. The second-order valence-electron chi connectivity index (χ2n) is 12.5. The third-order valence-electron chi connectivity index (χ3n) is 8.33. The molecule has 0 aliphatic carbocycles. The number of nitrogens with one attached hydrogen (secondary N) is 1. The Morgan fingerprint density at radius 2 is 1.66 bits per heavy atom. The fourth-order valence-electron chi connectivity index (χ4n) is 5.72. The molecule has 0 saturated carbocycles. The van der Waals surface area contributed by atoms with Gasteiger partial charge in [-0.15, -0.1) is 13.2 Å². The molecule has 1 aliphatic rings. The van der Waals surface area contributed by atoms with Crippen LogP contribution in [-0.4, -0.2) is 72.0 Å². The van der Waals surface area contributed by atoms with Gasteiger partial charge in [-0.1, -0.05) is 67.2 Å². The zero-order valence-corrected chi connectivity index (χ0v) is 28.8. The molecule has 0 aromatic heterocycles. The van der Waals surface area contributed by atoms with Crippen LogP contribution in [0.5, 0.6) is 11.5 Å². The van der Waals surface area contributed by atoms with Crippen LogP contribution in [0.1, 0.15) is 35.3 Å². The average Bonchev–Trinajstić information content (AvgIpc) is 3.08. The highest BCUT2D eigenvalue weighted by Crippen LogP contribution is 2.35. The molecular weight excluding hydrogens is 667 g/mol. The Hall–Kier alpha value is -4.52. The Morgan fingerprint density at radius 1 is 1.00 bits per heavy atom. The lowest BCUT2D eigenvalue weighted by atomic mass is 9.98. The third kappa shape index (κ3) is 10.0. The number of para-hydroxylation sites is 1. The Bertz CT molecular complexity index is 1740. The van der Waals surface area contributed by atoms with Crippen LogP contribution in [0.15, 0.2) is 107 Å². The molecule has 8 nitrogen and oxygen atoms in total. The van der Waals surface area contributed by atoms with E-state index >= 15 is 0 Å². The Balaban J connectivity index is 1.32. The summed E-state index contributed by atoms with van der Waals surface area (Å²) in [6, 6.07) is 28.1. The van der Waals surface area contributed by atoms with Crippen molar-refractivity contribution in [2.75, 3.05) is 32.1 Å². The van der Waals surface area contributed by atoms with Gasteiger partial charge in [0.2, 0.25) is 5.91 Å². The SMILES string of the molecule is CC(CO)N1C[C@@H](C)[C@@H](CN(C)Cc2ccc(Sc3ccccc3)cc2)Oc2c(NC(=O)Cc3ccc(OC(F)(F)F)cc3)cccc2C1=O. The van der Waals surface area contributed by atoms with Gasteiger partial charge in [-0.25, -0.2) is 0 Å². The quantitative estimate of drug-likeness (QED) is 0.160. The summed E-state index contributed by atoms with van der Waals surface area (Å²) < 4.78 is 48.2. The summed E-state index contributed by atoms with van der Waals surface area (Å²) in [6.07, 6.45) is -5.35. The Labute approximate surface area is 294 Å². The Morgan fingerprint density at radius 3 is 2.32 bits per heavy atom. The molecule has 4 aromatic carbocycles. The molecule has 2 N–H and O–H groups in total. The van der Waals surface area contributed by atoms with Crippen LogP contribution in [0, 0.1) is 5.92 Å². The number of rotatable bonds is 12. The van der Waals surface area contributed by atoms with Gasteiger partial charge in [0.1, 0.15) is 11.9 Å². The number of carbonyl (C=O) groups excluding carboxylic acids is 2. The molecule has 50 heavy (non-hydrogen) atoms. The number of aliphatic hydroxyl groups excluding tert-OH is 1. The summed E-state index contributed by atoms with van der Waals surface area (Å²) in [7, 11) is 2.00. The summed E-state index contributed by atoms with van der Waals surface area (Å²) in [4.78, 5) is 33.1. The van der Waals surface area contributed by atoms with Crippen LogP contribution in [0.3, 0.4) is 0 Å². The highest BCUT2D eigenvalue weighted by molar-refractivity contribution is 7.99. The van der Waals surface area contributed by atoms with E-state index < -0.39 is 24.4 Å². The van der Waals surface area contributed by atoms with Gasteiger partial charge < -0.3 is 24.8 Å². The summed E-state index contributed by atoms with van der Waals surface area (Å²) >= 11 is 1.70. The molecule has 0 saturated heterocycles. The molecule has 2 amide bonds. The van der Waals surface area contributed by atoms with E-state index in [0.29, 0.717) is 30.9 Å². The fraction of sp³-hybridized carbons (Fsp3) is 0.316. The first-order valence-electron chi connectivity index (χ1n) is 16.2. The molecule has 0 fully saturated rings. The molecule has 0 bridgehead atoms.